The van der Waals surface area contributed by atoms with Crippen molar-refractivity contribution in [3.8, 4) is 0 Å². The Bertz CT molecular complexity index is 933. The van der Waals surface area contributed by atoms with Gasteiger partial charge in [-0.15, -0.1) is 11.8 Å². The molecule has 0 bridgehead atoms. The van der Waals surface area contributed by atoms with Crippen LogP contribution in [0.15, 0.2) is 42.5 Å². The van der Waals surface area contributed by atoms with E-state index in [0.717, 1.165) is 16.8 Å². The van der Waals surface area contributed by atoms with Crippen LogP contribution in [-0.4, -0.2) is 33.9 Å². The Labute approximate surface area is 178 Å². The molecule has 1 aliphatic heterocycles. The normalized spacial score (nSPS) is 19.3. The topological polar surface area (TPSA) is 49.4 Å². The Balaban J connectivity index is 1.91. The number of hydrogen-bond donors (Lipinski definition) is 1. The minimum Gasteiger partial charge on any atom is -0.324 e. The largest absolute Gasteiger partial charge is 0.324 e. The Morgan fingerprint density at radius 3 is 2.31 bits per heavy atom. The molecule has 1 fully saturated rings. The second-order valence-electron chi connectivity index (χ2n) is 8.88. The third-order valence-corrected chi connectivity index (χ3v) is 7.19. The van der Waals surface area contributed by atoms with Gasteiger partial charge < -0.3 is 10.2 Å². The Morgan fingerprint density at radius 2 is 1.69 bits per heavy atom. The van der Waals surface area contributed by atoms with Gasteiger partial charge in [-0.1, -0.05) is 45.0 Å². The van der Waals surface area contributed by atoms with Gasteiger partial charge >= 0.3 is 0 Å². The molecule has 2 aromatic rings. The van der Waals surface area contributed by atoms with Crippen molar-refractivity contribution in [3.63, 3.8) is 0 Å². The first kappa shape index (κ1) is 21.4. The molecule has 2 aromatic carbocycles. The number of anilines is 1. The molecule has 1 saturated heterocycles. The lowest BCUT2D eigenvalue weighted by Crippen LogP contribution is -2.51. The van der Waals surface area contributed by atoms with Gasteiger partial charge in [-0.05, 0) is 61.1 Å². The van der Waals surface area contributed by atoms with Crippen LogP contribution in [0.3, 0.4) is 0 Å². The maximum atomic E-state index is 13.5. The number of thioether (sulfide) groups is 1. The summed E-state index contributed by atoms with van der Waals surface area (Å²) < 4.78 is 0. The van der Waals surface area contributed by atoms with E-state index in [0.29, 0.717) is 11.3 Å². The lowest BCUT2D eigenvalue weighted by Gasteiger charge is -2.36. The van der Waals surface area contributed by atoms with Crippen LogP contribution in [0.5, 0.6) is 0 Å². The van der Waals surface area contributed by atoms with Crippen molar-refractivity contribution in [2.24, 2.45) is 5.41 Å². The number of rotatable bonds is 3. The molecule has 154 valence electrons. The molecular weight excluding hydrogens is 380 g/mol. The van der Waals surface area contributed by atoms with E-state index < -0.39 is 6.04 Å². The summed E-state index contributed by atoms with van der Waals surface area (Å²) in [7, 11) is 0. The monoisotopic (exact) mass is 410 g/mol. The van der Waals surface area contributed by atoms with Crippen molar-refractivity contribution in [2.75, 3.05) is 11.1 Å². The zero-order chi connectivity index (χ0) is 21.3. The highest BCUT2D eigenvalue weighted by Crippen LogP contribution is 2.41. The zero-order valence-electron chi connectivity index (χ0n) is 18.1. The van der Waals surface area contributed by atoms with Gasteiger partial charge in [0.1, 0.15) is 6.04 Å². The molecule has 0 unspecified atom stereocenters. The summed E-state index contributed by atoms with van der Waals surface area (Å²) in [5, 5.41) is 2.96. The number of nitrogens with zero attached hydrogens (tertiary/aromatic N) is 1. The van der Waals surface area contributed by atoms with Gasteiger partial charge in [0.2, 0.25) is 5.91 Å². The van der Waals surface area contributed by atoms with Gasteiger partial charge in [-0.2, -0.15) is 0 Å². The molecule has 2 atom stereocenters. The number of carbonyl (C=O) groups is 2. The lowest BCUT2D eigenvalue weighted by molar-refractivity contribution is -0.120. The summed E-state index contributed by atoms with van der Waals surface area (Å²) in [5.74, 6) is 0.388. The summed E-state index contributed by atoms with van der Waals surface area (Å²) >= 11 is 1.68. The number of nitrogens with one attached hydrogen (secondary N) is 1. The van der Waals surface area contributed by atoms with Crippen molar-refractivity contribution in [2.45, 2.75) is 53.0 Å². The van der Waals surface area contributed by atoms with Crippen molar-refractivity contribution >= 4 is 29.3 Å². The van der Waals surface area contributed by atoms with E-state index in [-0.39, 0.29) is 22.6 Å². The number of amides is 2. The number of benzene rings is 2. The molecule has 3 rings (SSSR count). The van der Waals surface area contributed by atoms with Crippen LogP contribution in [0.25, 0.3) is 0 Å². The first-order valence-corrected chi connectivity index (χ1v) is 11.0. The highest BCUT2D eigenvalue weighted by Gasteiger charge is 2.46. The van der Waals surface area contributed by atoms with Gasteiger partial charge in [0, 0.05) is 17.0 Å². The summed E-state index contributed by atoms with van der Waals surface area (Å²) in [6.45, 7) is 12.4. The third-order valence-electron chi connectivity index (χ3n) is 5.43. The quantitative estimate of drug-likeness (QED) is 0.758. The maximum Gasteiger partial charge on any atom is 0.255 e. The first-order valence-electron chi connectivity index (χ1n) is 9.97. The second-order valence-corrected chi connectivity index (χ2v) is 10.00. The van der Waals surface area contributed by atoms with Crippen LogP contribution in [0.1, 0.15) is 47.8 Å². The second kappa shape index (κ2) is 8.23. The number of hydrogen-bond acceptors (Lipinski definition) is 3. The summed E-state index contributed by atoms with van der Waals surface area (Å²) in [6, 6.07) is 13.0. The van der Waals surface area contributed by atoms with E-state index in [1.54, 1.807) is 16.7 Å². The van der Waals surface area contributed by atoms with E-state index in [1.807, 2.05) is 63.2 Å². The van der Waals surface area contributed by atoms with E-state index in [1.165, 1.54) is 5.56 Å². The molecule has 0 aliphatic carbocycles. The lowest BCUT2D eigenvalue weighted by atomic mass is 9.94. The fraction of sp³-hybridized carbons (Fsp3) is 0.417. The predicted octanol–water partition coefficient (Wildman–Crippen LogP) is 5.18. The summed E-state index contributed by atoms with van der Waals surface area (Å²) in [6.07, 6.45) is 0. The van der Waals surface area contributed by atoms with Crippen molar-refractivity contribution in [1.29, 1.82) is 0 Å². The molecule has 1 N–H and O–H groups in total. The zero-order valence-corrected chi connectivity index (χ0v) is 18.9. The van der Waals surface area contributed by atoms with Gasteiger partial charge in [0.05, 0.1) is 5.37 Å². The predicted molar refractivity (Wildman–Crippen MR) is 121 cm³/mol. The van der Waals surface area contributed by atoms with Crippen LogP contribution in [-0.2, 0) is 4.79 Å². The fourth-order valence-corrected chi connectivity index (χ4v) is 5.20. The van der Waals surface area contributed by atoms with Crippen molar-refractivity contribution < 1.29 is 9.59 Å². The van der Waals surface area contributed by atoms with Crippen LogP contribution in [0.4, 0.5) is 5.69 Å². The van der Waals surface area contributed by atoms with Crippen LogP contribution in [0.2, 0.25) is 0 Å². The van der Waals surface area contributed by atoms with Gasteiger partial charge in [-0.25, -0.2) is 0 Å². The SMILES string of the molecule is Cc1ccc(NC(=O)[C@@H]2CS[C@@H](C(C)(C)C)N2C(=O)c2ccccc2C)cc1C. The van der Waals surface area contributed by atoms with E-state index in [4.69, 9.17) is 0 Å². The summed E-state index contributed by atoms with van der Waals surface area (Å²) in [5.41, 5.74) is 4.53. The molecule has 1 aliphatic rings. The molecule has 0 aromatic heterocycles. The maximum absolute atomic E-state index is 13.5. The average molecular weight is 411 g/mol. The molecule has 2 amide bonds. The molecule has 4 nitrogen and oxygen atoms in total. The molecule has 29 heavy (non-hydrogen) atoms. The molecule has 1 heterocycles. The van der Waals surface area contributed by atoms with Crippen molar-refractivity contribution in [3.05, 3.63) is 64.7 Å². The molecule has 5 heteroatoms. The smallest absolute Gasteiger partial charge is 0.255 e. The Morgan fingerprint density at radius 1 is 1.00 bits per heavy atom. The highest BCUT2D eigenvalue weighted by molar-refractivity contribution is 8.00. The van der Waals surface area contributed by atoms with Gasteiger partial charge in [0.25, 0.3) is 5.91 Å². The third kappa shape index (κ3) is 4.50. The van der Waals surface area contributed by atoms with Crippen LogP contribution in [0, 0.1) is 26.2 Å². The van der Waals surface area contributed by atoms with Crippen molar-refractivity contribution in [1.82, 2.24) is 4.90 Å². The van der Waals surface area contributed by atoms with Crippen LogP contribution < -0.4 is 5.32 Å². The van der Waals surface area contributed by atoms with E-state index in [9.17, 15) is 9.59 Å². The minimum atomic E-state index is -0.502. The average Bonchev–Trinajstić information content (AvgIpc) is 3.10. The Kier molecular flexibility index (Phi) is 6.08. The number of aryl methyl sites for hydroxylation is 3. The molecule has 0 spiro atoms. The summed E-state index contributed by atoms with van der Waals surface area (Å²) in [4.78, 5) is 28.5. The van der Waals surface area contributed by atoms with E-state index in [2.05, 4.69) is 26.1 Å². The Hall–Kier alpha value is -2.27. The van der Waals surface area contributed by atoms with Crippen LogP contribution >= 0.6 is 11.8 Å². The molecule has 0 saturated carbocycles. The molecule has 0 radical (unpaired) electrons. The minimum absolute atomic E-state index is 0.0647. The van der Waals surface area contributed by atoms with Gasteiger partial charge in [0.15, 0.2) is 0 Å². The van der Waals surface area contributed by atoms with E-state index >= 15 is 0 Å². The first-order chi connectivity index (χ1) is 13.6. The number of carbonyl (C=O) groups excluding carboxylic acids is 2. The fourth-order valence-electron chi connectivity index (χ4n) is 3.62. The molecular formula is C24H30N2O2S. The highest BCUT2D eigenvalue weighted by atomic mass is 32.2. The van der Waals surface area contributed by atoms with Gasteiger partial charge in [-0.3, -0.25) is 9.59 Å². The standard InChI is InChI=1S/C24H30N2O2S/c1-15-11-12-18(13-17(15)3)25-21(27)20-14-29-23(24(4,5)6)26(20)22(28)19-10-8-7-9-16(19)2/h7-13,20,23H,14H2,1-6H3,(H,25,27)/t20-,23-/m0/s1.